The van der Waals surface area contributed by atoms with Crippen molar-refractivity contribution in [3.63, 3.8) is 0 Å². The number of halogens is 1. The standard InChI is InChI=1S/C20H20ClN5O5S3/c21-17-5-6-18(33-17)34(30,31)25-7-1-2-15(25)19(27)23-8-10-24(11-9-23)20-22-14-4-3-13(26(28)29)12-16(14)32-20/h3-6,12,15H,1-2,7-11H2. The van der Waals surface area contributed by atoms with Crippen LogP contribution in [0.4, 0.5) is 10.8 Å². The molecule has 2 aromatic heterocycles. The van der Waals surface area contributed by atoms with Crippen LogP contribution in [0.1, 0.15) is 12.8 Å². The van der Waals surface area contributed by atoms with E-state index in [-0.39, 0.29) is 15.8 Å². The van der Waals surface area contributed by atoms with E-state index in [0.717, 1.165) is 21.2 Å². The van der Waals surface area contributed by atoms with Crippen molar-refractivity contribution in [3.8, 4) is 0 Å². The van der Waals surface area contributed by atoms with Gasteiger partial charge in [-0.15, -0.1) is 11.3 Å². The number of rotatable bonds is 5. The Bertz CT molecular complexity index is 1370. The zero-order valence-electron chi connectivity index (χ0n) is 17.8. The minimum Gasteiger partial charge on any atom is -0.345 e. The molecule has 1 unspecified atom stereocenters. The van der Waals surface area contributed by atoms with Gasteiger partial charge in [-0.3, -0.25) is 14.9 Å². The quantitative estimate of drug-likeness (QED) is 0.359. The molecule has 2 aliphatic heterocycles. The van der Waals surface area contributed by atoms with E-state index in [2.05, 4.69) is 9.88 Å². The van der Waals surface area contributed by atoms with Gasteiger partial charge in [0.2, 0.25) is 5.91 Å². The number of thiazole rings is 1. The van der Waals surface area contributed by atoms with Crippen molar-refractivity contribution in [3.05, 3.63) is 44.8 Å². The number of nitro benzene ring substituents is 1. The Kier molecular flexibility index (Phi) is 6.23. The highest BCUT2D eigenvalue weighted by Gasteiger charge is 2.42. The molecular weight excluding hydrogens is 522 g/mol. The third-order valence-electron chi connectivity index (χ3n) is 6.03. The van der Waals surface area contributed by atoms with Crippen LogP contribution in [0.15, 0.2) is 34.5 Å². The number of anilines is 1. The molecule has 1 atom stereocenters. The normalized spacial score (nSPS) is 19.7. The van der Waals surface area contributed by atoms with Crippen molar-refractivity contribution in [1.82, 2.24) is 14.2 Å². The molecule has 0 bridgehead atoms. The SMILES string of the molecule is O=C(C1CCCN1S(=O)(=O)c1ccc(Cl)s1)N1CCN(c2nc3ccc([N+](=O)[O-])cc3s2)CC1. The summed E-state index contributed by atoms with van der Waals surface area (Å²) >= 11 is 8.30. The third-order valence-corrected chi connectivity index (χ3v) is 10.7. The molecule has 34 heavy (non-hydrogen) atoms. The van der Waals surface area contributed by atoms with Gasteiger partial charge >= 0.3 is 0 Å². The lowest BCUT2D eigenvalue weighted by atomic mass is 10.2. The number of carbonyl (C=O) groups is 1. The van der Waals surface area contributed by atoms with Crippen molar-refractivity contribution < 1.29 is 18.1 Å². The Morgan fingerprint density at radius 3 is 2.56 bits per heavy atom. The number of amides is 1. The summed E-state index contributed by atoms with van der Waals surface area (Å²) in [5, 5.41) is 11.8. The van der Waals surface area contributed by atoms with Gasteiger partial charge in [0.15, 0.2) is 5.13 Å². The smallest absolute Gasteiger partial charge is 0.270 e. The molecule has 5 rings (SSSR count). The monoisotopic (exact) mass is 541 g/mol. The number of benzene rings is 1. The van der Waals surface area contributed by atoms with Crippen LogP contribution in [-0.2, 0) is 14.8 Å². The topological polar surface area (TPSA) is 117 Å². The van der Waals surface area contributed by atoms with Gasteiger partial charge in [0.1, 0.15) is 10.3 Å². The maximum Gasteiger partial charge on any atom is 0.270 e. The molecule has 2 fully saturated rings. The lowest BCUT2D eigenvalue weighted by Gasteiger charge is -2.37. The summed E-state index contributed by atoms with van der Waals surface area (Å²) in [5.74, 6) is -0.177. The van der Waals surface area contributed by atoms with Crippen LogP contribution in [-0.4, -0.2) is 72.2 Å². The molecule has 2 aliphatic rings. The van der Waals surface area contributed by atoms with Crippen LogP contribution in [0.3, 0.4) is 0 Å². The molecule has 0 N–H and O–H groups in total. The maximum absolute atomic E-state index is 13.3. The molecule has 14 heteroatoms. The van der Waals surface area contributed by atoms with E-state index >= 15 is 0 Å². The van der Waals surface area contributed by atoms with E-state index in [1.54, 1.807) is 17.0 Å². The molecule has 0 saturated carbocycles. The minimum atomic E-state index is -3.78. The summed E-state index contributed by atoms with van der Waals surface area (Å²) in [6, 6.07) is 6.92. The van der Waals surface area contributed by atoms with Gasteiger partial charge in [-0.25, -0.2) is 13.4 Å². The number of thiophene rings is 1. The molecule has 10 nitrogen and oxygen atoms in total. The number of piperazine rings is 1. The molecule has 4 heterocycles. The number of fused-ring (bicyclic) bond motifs is 1. The minimum absolute atomic E-state index is 0.0269. The van der Waals surface area contributed by atoms with Gasteiger partial charge in [-0.05, 0) is 31.0 Å². The Morgan fingerprint density at radius 2 is 1.88 bits per heavy atom. The van der Waals surface area contributed by atoms with Crippen molar-refractivity contribution >= 4 is 71.2 Å². The number of hydrogen-bond donors (Lipinski definition) is 0. The molecule has 1 aromatic carbocycles. The Morgan fingerprint density at radius 1 is 1.12 bits per heavy atom. The van der Waals surface area contributed by atoms with Gasteiger partial charge < -0.3 is 9.80 Å². The number of nitro groups is 1. The molecule has 1 amide bonds. The van der Waals surface area contributed by atoms with E-state index in [1.165, 1.54) is 33.8 Å². The first-order chi connectivity index (χ1) is 16.2. The number of carbonyl (C=O) groups excluding carboxylic acids is 1. The van der Waals surface area contributed by atoms with Crippen LogP contribution < -0.4 is 4.90 Å². The molecule has 180 valence electrons. The van der Waals surface area contributed by atoms with E-state index in [4.69, 9.17) is 11.6 Å². The predicted molar refractivity (Wildman–Crippen MR) is 131 cm³/mol. The van der Waals surface area contributed by atoms with Crippen LogP contribution in [0.5, 0.6) is 0 Å². The fourth-order valence-electron chi connectivity index (χ4n) is 4.31. The molecule has 2 saturated heterocycles. The summed E-state index contributed by atoms with van der Waals surface area (Å²) in [5.41, 5.74) is 0.726. The lowest BCUT2D eigenvalue weighted by Crippen LogP contribution is -2.54. The van der Waals surface area contributed by atoms with Crippen LogP contribution in [0, 0.1) is 10.1 Å². The van der Waals surface area contributed by atoms with Crippen molar-refractivity contribution in [2.75, 3.05) is 37.6 Å². The Labute approximate surface area is 208 Å². The largest absolute Gasteiger partial charge is 0.345 e. The van der Waals surface area contributed by atoms with E-state index in [0.29, 0.717) is 55.4 Å². The number of nitrogens with zero attached hydrogens (tertiary/aromatic N) is 5. The van der Waals surface area contributed by atoms with E-state index < -0.39 is 21.0 Å². The van der Waals surface area contributed by atoms with Gasteiger partial charge in [0, 0.05) is 44.9 Å². The van der Waals surface area contributed by atoms with Gasteiger partial charge in [0.05, 0.1) is 19.5 Å². The van der Waals surface area contributed by atoms with Gasteiger partial charge in [0.25, 0.3) is 15.7 Å². The highest BCUT2D eigenvalue weighted by atomic mass is 35.5. The van der Waals surface area contributed by atoms with Gasteiger partial charge in [-0.1, -0.05) is 22.9 Å². The summed E-state index contributed by atoms with van der Waals surface area (Å²) < 4.78 is 28.8. The zero-order valence-corrected chi connectivity index (χ0v) is 21.0. The number of sulfonamides is 1. The number of non-ortho nitro benzene ring substituents is 1. The summed E-state index contributed by atoms with van der Waals surface area (Å²) in [7, 11) is -3.78. The maximum atomic E-state index is 13.3. The van der Waals surface area contributed by atoms with Crippen LogP contribution in [0.25, 0.3) is 10.2 Å². The molecule has 0 aliphatic carbocycles. The first-order valence-electron chi connectivity index (χ1n) is 10.6. The van der Waals surface area contributed by atoms with Crippen molar-refractivity contribution in [1.29, 1.82) is 0 Å². The van der Waals surface area contributed by atoms with Crippen molar-refractivity contribution in [2.45, 2.75) is 23.1 Å². The number of aromatic nitrogens is 1. The third kappa shape index (κ3) is 4.26. The molecular formula is C20H20ClN5O5S3. The molecule has 0 spiro atoms. The lowest BCUT2D eigenvalue weighted by molar-refractivity contribution is -0.384. The average molecular weight is 542 g/mol. The molecule has 0 radical (unpaired) electrons. The highest BCUT2D eigenvalue weighted by molar-refractivity contribution is 7.91. The Hall–Kier alpha value is -2.32. The first kappa shape index (κ1) is 23.4. The highest BCUT2D eigenvalue weighted by Crippen LogP contribution is 2.34. The van der Waals surface area contributed by atoms with Gasteiger partial charge in [-0.2, -0.15) is 4.31 Å². The Balaban J connectivity index is 1.27. The second kappa shape index (κ2) is 9.04. The summed E-state index contributed by atoms with van der Waals surface area (Å²) in [6.45, 7) is 2.31. The van der Waals surface area contributed by atoms with E-state index in [9.17, 15) is 23.3 Å². The van der Waals surface area contributed by atoms with Crippen molar-refractivity contribution in [2.24, 2.45) is 0 Å². The molecule has 3 aromatic rings. The van der Waals surface area contributed by atoms with E-state index in [1.807, 2.05) is 0 Å². The summed E-state index contributed by atoms with van der Waals surface area (Å²) in [6.07, 6.45) is 1.13. The van der Waals surface area contributed by atoms with Crippen LogP contribution in [0.2, 0.25) is 4.34 Å². The fourth-order valence-corrected chi connectivity index (χ4v) is 8.62. The fraction of sp³-hybridized carbons (Fsp3) is 0.400. The summed E-state index contributed by atoms with van der Waals surface area (Å²) in [4.78, 5) is 32.2. The second-order valence-corrected chi connectivity index (χ2v) is 12.9. The van der Waals surface area contributed by atoms with Crippen LogP contribution >= 0.6 is 34.3 Å². The zero-order chi connectivity index (χ0) is 24.0. The second-order valence-electron chi connectivity index (χ2n) is 8.05. The average Bonchev–Trinajstić information content (AvgIpc) is 3.57. The predicted octanol–water partition coefficient (Wildman–Crippen LogP) is 3.42. The number of hydrogen-bond acceptors (Lipinski definition) is 9. The first-order valence-corrected chi connectivity index (χ1v) is 14.0.